The molecule has 2 heterocycles. The van der Waals surface area contributed by atoms with Gasteiger partial charge in [-0.3, -0.25) is 0 Å². The molecule has 0 aliphatic rings. The number of benzene rings is 14. The van der Waals surface area contributed by atoms with Gasteiger partial charge in [0.05, 0.1) is 0 Å². The number of anilines is 6. The van der Waals surface area contributed by atoms with E-state index in [1.165, 1.54) is 64.6 Å². The Morgan fingerprint density at radius 1 is 0.225 bits per heavy atom. The van der Waals surface area contributed by atoms with Gasteiger partial charge >= 0.3 is 0 Å². The first-order chi connectivity index (χ1) is 39.7. The number of hydrogen-bond acceptors (Lipinski definition) is 6. The first-order valence-corrected chi connectivity index (χ1v) is 27.0. The third kappa shape index (κ3) is 7.42. The lowest BCUT2D eigenvalue weighted by Gasteiger charge is -2.26. The van der Waals surface area contributed by atoms with E-state index in [1.54, 1.807) is 0 Å². The second kappa shape index (κ2) is 18.4. The minimum absolute atomic E-state index is 0.539. The van der Waals surface area contributed by atoms with Gasteiger partial charge in [-0.25, -0.2) is 9.97 Å². The summed E-state index contributed by atoms with van der Waals surface area (Å²) in [6.07, 6.45) is 0. The van der Waals surface area contributed by atoms with E-state index in [2.05, 4.69) is 265 Å². The number of rotatable bonds is 9. The van der Waals surface area contributed by atoms with Crippen molar-refractivity contribution in [3.05, 3.63) is 279 Å². The Morgan fingerprint density at radius 3 is 0.863 bits per heavy atom. The second-order valence-corrected chi connectivity index (χ2v) is 20.4. The van der Waals surface area contributed by atoms with E-state index in [1.807, 2.05) is 24.3 Å². The van der Waals surface area contributed by atoms with Gasteiger partial charge in [0.25, 0.3) is 0 Å². The summed E-state index contributed by atoms with van der Waals surface area (Å²) in [7, 11) is 0. The summed E-state index contributed by atoms with van der Waals surface area (Å²) in [5.41, 5.74) is 12.8. The van der Waals surface area contributed by atoms with Crippen LogP contribution in [0.25, 0.3) is 121 Å². The maximum absolute atomic E-state index is 6.58. The molecule has 14 aromatic carbocycles. The molecule has 6 nitrogen and oxygen atoms in total. The first-order valence-electron chi connectivity index (χ1n) is 27.0. The van der Waals surface area contributed by atoms with Gasteiger partial charge < -0.3 is 18.6 Å². The van der Waals surface area contributed by atoms with Gasteiger partial charge in [-0.05, 0) is 174 Å². The molecule has 0 bridgehead atoms. The maximum Gasteiger partial charge on any atom is 0.227 e. The van der Waals surface area contributed by atoms with Gasteiger partial charge in [-0.1, -0.05) is 170 Å². The predicted octanol–water partition coefficient (Wildman–Crippen LogP) is 20.8. The third-order valence-electron chi connectivity index (χ3n) is 15.9. The number of fused-ring (bicyclic) bond motifs is 14. The van der Waals surface area contributed by atoms with Crippen LogP contribution in [-0.2, 0) is 0 Å². The standard InChI is InChI=1S/C74H46N4O2/c1-3-17-49(18-4-1)77(53-41-43-63-59-25-9-7-21-55(59)57-23-11-13-27-61(57)67(63)45-53)51-37-33-47(34-38-51)73-75-71-65(29-15-31-69(71)79-73)66-30-16-32-70-72(66)76-74(80-70)48-35-39-52(40-36-48)78(50-19-5-2-6-20-50)54-42-44-64-60-26-10-8-22-56(60)58-24-12-14-28-62(58)68(64)46-54/h1-46H. The van der Waals surface area contributed by atoms with Crippen LogP contribution in [0.1, 0.15) is 0 Å². The molecule has 0 radical (unpaired) electrons. The lowest BCUT2D eigenvalue weighted by atomic mass is 9.94. The van der Waals surface area contributed by atoms with Crippen LogP contribution in [0.3, 0.4) is 0 Å². The molecular formula is C74H46N4O2. The van der Waals surface area contributed by atoms with E-state index in [0.29, 0.717) is 22.9 Å². The van der Waals surface area contributed by atoms with Crippen molar-refractivity contribution in [1.29, 1.82) is 0 Å². The Kier molecular flexibility index (Phi) is 10.5. The minimum atomic E-state index is 0.539. The van der Waals surface area contributed by atoms with Crippen molar-refractivity contribution >= 4 is 121 Å². The molecule has 0 saturated heterocycles. The van der Waals surface area contributed by atoms with Gasteiger partial charge in [0.2, 0.25) is 11.8 Å². The van der Waals surface area contributed by atoms with Gasteiger partial charge in [-0.15, -0.1) is 0 Å². The fraction of sp³-hybridized carbons (Fsp3) is 0. The number of nitrogens with zero attached hydrogens (tertiary/aromatic N) is 4. The second-order valence-electron chi connectivity index (χ2n) is 20.4. The highest BCUT2D eigenvalue weighted by molar-refractivity contribution is 6.27. The molecule has 0 N–H and O–H groups in total. The first kappa shape index (κ1) is 45.4. The largest absolute Gasteiger partial charge is 0.436 e. The van der Waals surface area contributed by atoms with E-state index in [-0.39, 0.29) is 0 Å². The zero-order chi connectivity index (χ0) is 52.7. The van der Waals surface area contributed by atoms with Gasteiger partial charge in [0, 0.05) is 56.4 Å². The predicted molar refractivity (Wildman–Crippen MR) is 332 cm³/mol. The fourth-order valence-corrected chi connectivity index (χ4v) is 12.2. The number of para-hydroxylation sites is 4. The van der Waals surface area contributed by atoms with Crippen molar-refractivity contribution in [3.63, 3.8) is 0 Å². The monoisotopic (exact) mass is 1020 g/mol. The van der Waals surface area contributed by atoms with E-state index >= 15 is 0 Å². The van der Waals surface area contributed by atoms with Gasteiger partial charge in [-0.2, -0.15) is 0 Å². The Morgan fingerprint density at radius 2 is 0.512 bits per heavy atom. The van der Waals surface area contributed by atoms with Crippen molar-refractivity contribution in [1.82, 2.24) is 9.97 Å². The Hall–Kier alpha value is -10.8. The number of aromatic nitrogens is 2. The summed E-state index contributed by atoms with van der Waals surface area (Å²) in [5, 5.41) is 14.9. The molecule has 0 saturated carbocycles. The Balaban J connectivity index is 0.727. The summed E-state index contributed by atoms with van der Waals surface area (Å²) in [4.78, 5) is 15.0. The average molecular weight is 1020 g/mol. The highest BCUT2D eigenvalue weighted by atomic mass is 16.4. The van der Waals surface area contributed by atoms with Crippen molar-refractivity contribution in [3.8, 4) is 34.0 Å². The molecule has 80 heavy (non-hydrogen) atoms. The summed E-state index contributed by atoms with van der Waals surface area (Å²) in [5.74, 6) is 1.08. The molecule has 16 aromatic rings. The molecule has 0 amide bonds. The smallest absolute Gasteiger partial charge is 0.227 e. The molecule has 0 spiro atoms. The summed E-state index contributed by atoms with van der Waals surface area (Å²) >= 11 is 0. The normalized spacial score (nSPS) is 11.8. The van der Waals surface area contributed by atoms with Crippen molar-refractivity contribution < 1.29 is 8.83 Å². The summed E-state index contributed by atoms with van der Waals surface area (Å²) < 4.78 is 13.2. The highest BCUT2D eigenvalue weighted by Gasteiger charge is 2.22. The molecular weight excluding hydrogens is 977 g/mol. The van der Waals surface area contributed by atoms with E-state index in [4.69, 9.17) is 18.8 Å². The van der Waals surface area contributed by atoms with Crippen LogP contribution in [0.5, 0.6) is 0 Å². The SMILES string of the molecule is c1ccc(N(c2ccc(-c3nc4c(-c5cccc6oc(-c7ccc(N(c8ccccc8)c8ccc9c%10ccccc%10c%10ccccc%10c9c8)cc7)nc56)cccc4o3)cc2)c2ccc3c4ccccc4c4ccccc4c3c2)cc1. The number of oxazole rings is 2. The summed E-state index contributed by atoms with van der Waals surface area (Å²) in [6.45, 7) is 0. The zero-order valence-corrected chi connectivity index (χ0v) is 43.2. The van der Waals surface area contributed by atoms with Crippen molar-refractivity contribution in [2.24, 2.45) is 0 Å². The lowest BCUT2D eigenvalue weighted by molar-refractivity contribution is 0.619. The van der Waals surface area contributed by atoms with E-state index < -0.39 is 0 Å². The fourth-order valence-electron chi connectivity index (χ4n) is 12.2. The topological polar surface area (TPSA) is 58.5 Å². The Labute approximate surface area is 460 Å². The van der Waals surface area contributed by atoms with Gasteiger partial charge in [0.15, 0.2) is 11.2 Å². The lowest BCUT2D eigenvalue weighted by Crippen LogP contribution is -2.09. The zero-order valence-electron chi connectivity index (χ0n) is 43.2. The highest BCUT2D eigenvalue weighted by Crippen LogP contribution is 2.45. The van der Waals surface area contributed by atoms with Crippen LogP contribution in [-0.4, -0.2) is 9.97 Å². The maximum atomic E-state index is 6.58. The van der Waals surface area contributed by atoms with E-state index in [9.17, 15) is 0 Å². The van der Waals surface area contributed by atoms with Crippen LogP contribution < -0.4 is 9.80 Å². The molecule has 0 aliphatic heterocycles. The van der Waals surface area contributed by atoms with Crippen molar-refractivity contribution in [2.45, 2.75) is 0 Å². The van der Waals surface area contributed by atoms with Crippen LogP contribution >= 0.6 is 0 Å². The van der Waals surface area contributed by atoms with Crippen molar-refractivity contribution in [2.75, 3.05) is 9.80 Å². The summed E-state index contributed by atoms with van der Waals surface area (Å²) in [6, 6.07) is 98.8. The van der Waals surface area contributed by atoms with Crippen LogP contribution in [0, 0.1) is 0 Å². The Bertz CT molecular complexity index is 4680. The van der Waals surface area contributed by atoms with Crippen LogP contribution in [0.2, 0.25) is 0 Å². The molecule has 6 heteroatoms. The molecule has 0 aliphatic carbocycles. The minimum Gasteiger partial charge on any atom is -0.436 e. The van der Waals surface area contributed by atoms with E-state index in [0.717, 1.165) is 67.4 Å². The molecule has 0 atom stereocenters. The third-order valence-corrected chi connectivity index (χ3v) is 15.9. The number of hydrogen-bond donors (Lipinski definition) is 0. The molecule has 374 valence electrons. The van der Waals surface area contributed by atoms with Crippen LogP contribution in [0.15, 0.2) is 288 Å². The molecule has 16 rings (SSSR count). The van der Waals surface area contributed by atoms with Crippen LogP contribution in [0.4, 0.5) is 34.1 Å². The molecule has 0 unspecified atom stereocenters. The van der Waals surface area contributed by atoms with Gasteiger partial charge in [0.1, 0.15) is 11.0 Å². The average Bonchev–Trinajstić information content (AvgIpc) is 4.32. The quantitative estimate of drug-likeness (QED) is 0.134. The molecule has 2 aromatic heterocycles. The molecule has 0 fully saturated rings.